The lowest BCUT2D eigenvalue weighted by molar-refractivity contribution is -0.142. The highest BCUT2D eigenvalue weighted by molar-refractivity contribution is 14.0. The van der Waals surface area contributed by atoms with Crippen molar-refractivity contribution in [3.05, 3.63) is 0 Å². The summed E-state index contributed by atoms with van der Waals surface area (Å²) in [6.07, 6.45) is 8.12. The number of morpholine rings is 1. The maximum atomic E-state index is 12.6. The molecule has 3 saturated heterocycles. The summed E-state index contributed by atoms with van der Waals surface area (Å²) in [5.41, 5.74) is 0.218. The Labute approximate surface area is 204 Å². The van der Waals surface area contributed by atoms with E-state index in [-0.39, 0.29) is 41.5 Å². The molecule has 4 fully saturated rings. The summed E-state index contributed by atoms with van der Waals surface area (Å²) in [5, 5.41) is 3.71. The van der Waals surface area contributed by atoms with E-state index in [1.165, 1.54) is 32.1 Å². The van der Waals surface area contributed by atoms with Crippen LogP contribution in [0, 0.1) is 0 Å². The number of carbonyl (C=O) groups is 1. The molecule has 0 spiro atoms. The number of piperazine rings is 1. The Kier molecular flexibility index (Phi) is 9.66. The van der Waals surface area contributed by atoms with Crippen LogP contribution in [-0.4, -0.2) is 111 Å². The molecule has 31 heavy (non-hydrogen) atoms. The van der Waals surface area contributed by atoms with Gasteiger partial charge >= 0.3 is 0 Å². The number of aliphatic imine (C=N–C) groups is 1. The van der Waals surface area contributed by atoms with Crippen molar-refractivity contribution < 1.29 is 14.3 Å². The van der Waals surface area contributed by atoms with Crippen LogP contribution >= 0.6 is 24.0 Å². The molecule has 3 aliphatic heterocycles. The fourth-order valence-electron chi connectivity index (χ4n) is 5.54. The lowest BCUT2D eigenvalue weighted by atomic mass is 9.79. The molecule has 1 N–H and O–H groups in total. The lowest BCUT2D eigenvalue weighted by Gasteiger charge is -2.48. The predicted molar refractivity (Wildman–Crippen MR) is 132 cm³/mol. The lowest BCUT2D eigenvalue weighted by Crippen LogP contribution is -2.62. The monoisotopic (exact) mass is 549 g/mol. The SMILES string of the molecule is CN=C(NCC1(N2CCOCC2)CCCCC1)N1CCN(C(=O)C2CCCO2)CC1.I. The van der Waals surface area contributed by atoms with Crippen molar-refractivity contribution in [3.8, 4) is 0 Å². The molecule has 4 rings (SSSR count). The normalized spacial score (nSPS) is 27.6. The van der Waals surface area contributed by atoms with E-state index >= 15 is 0 Å². The smallest absolute Gasteiger partial charge is 0.251 e. The quantitative estimate of drug-likeness (QED) is 0.326. The van der Waals surface area contributed by atoms with Crippen LogP contribution in [0.5, 0.6) is 0 Å². The number of rotatable bonds is 4. The van der Waals surface area contributed by atoms with Crippen LogP contribution in [0.3, 0.4) is 0 Å². The Morgan fingerprint density at radius 3 is 2.26 bits per heavy atom. The van der Waals surface area contributed by atoms with E-state index in [0.717, 1.165) is 84.4 Å². The van der Waals surface area contributed by atoms with Crippen molar-refractivity contribution in [2.24, 2.45) is 4.99 Å². The molecular weight excluding hydrogens is 509 g/mol. The number of hydrogen-bond donors (Lipinski definition) is 1. The molecule has 0 radical (unpaired) electrons. The highest BCUT2D eigenvalue weighted by Gasteiger charge is 2.39. The fourth-order valence-corrected chi connectivity index (χ4v) is 5.54. The predicted octanol–water partition coefficient (Wildman–Crippen LogP) is 1.54. The Balaban J connectivity index is 0.00000272. The average Bonchev–Trinajstić information content (AvgIpc) is 3.36. The maximum absolute atomic E-state index is 12.6. The van der Waals surface area contributed by atoms with E-state index in [9.17, 15) is 4.79 Å². The first kappa shape index (κ1) is 25.0. The van der Waals surface area contributed by atoms with Crippen LogP contribution < -0.4 is 5.32 Å². The molecule has 0 aromatic heterocycles. The number of guanidine groups is 1. The third-order valence-corrected chi connectivity index (χ3v) is 7.35. The van der Waals surface area contributed by atoms with Crippen molar-refractivity contribution >= 4 is 35.8 Å². The summed E-state index contributed by atoms with van der Waals surface area (Å²) in [6.45, 7) is 8.54. The van der Waals surface area contributed by atoms with Gasteiger partial charge < -0.3 is 24.6 Å². The molecule has 0 aromatic rings. The Morgan fingerprint density at radius 1 is 0.968 bits per heavy atom. The van der Waals surface area contributed by atoms with Gasteiger partial charge in [-0.1, -0.05) is 19.3 Å². The average molecular weight is 549 g/mol. The van der Waals surface area contributed by atoms with Gasteiger partial charge in [-0.2, -0.15) is 0 Å². The van der Waals surface area contributed by atoms with Crippen molar-refractivity contribution in [2.45, 2.75) is 56.6 Å². The molecule has 1 atom stereocenters. The summed E-state index contributed by atoms with van der Waals surface area (Å²) >= 11 is 0. The topological polar surface area (TPSA) is 69.6 Å². The highest BCUT2D eigenvalue weighted by atomic mass is 127. The largest absolute Gasteiger partial charge is 0.379 e. The van der Waals surface area contributed by atoms with Crippen molar-refractivity contribution in [3.63, 3.8) is 0 Å². The summed E-state index contributed by atoms with van der Waals surface area (Å²) < 4.78 is 11.2. The summed E-state index contributed by atoms with van der Waals surface area (Å²) in [5.74, 6) is 1.14. The van der Waals surface area contributed by atoms with E-state index < -0.39 is 0 Å². The van der Waals surface area contributed by atoms with E-state index in [0.29, 0.717) is 0 Å². The van der Waals surface area contributed by atoms with Gasteiger partial charge in [-0.15, -0.1) is 24.0 Å². The number of hydrogen-bond acceptors (Lipinski definition) is 5. The van der Waals surface area contributed by atoms with Gasteiger partial charge in [0.1, 0.15) is 6.10 Å². The van der Waals surface area contributed by atoms with Crippen LogP contribution in [0.25, 0.3) is 0 Å². The molecule has 1 unspecified atom stereocenters. The van der Waals surface area contributed by atoms with E-state index in [1.807, 2.05) is 11.9 Å². The number of nitrogens with one attached hydrogen (secondary N) is 1. The molecule has 8 nitrogen and oxygen atoms in total. The van der Waals surface area contributed by atoms with Gasteiger partial charge in [-0.25, -0.2) is 0 Å². The van der Waals surface area contributed by atoms with Crippen LogP contribution in [0.4, 0.5) is 0 Å². The molecule has 0 bridgehead atoms. The Bertz CT molecular complexity index is 594. The van der Waals surface area contributed by atoms with Crippen molar-refractivity contribution in [1.29, 1.82) is 0 Å². The third kappa shape index (κ3) is 6.03. The van der Waals surface area contributed by atoms with Crippen LogP contribution in [-0.2, 0) is 14.3 Å². The maximum Gasteiger partial charge on any atom is 0.251 e. The molecule has 4 aliphatic rings. The van der Waals surface area contributed by atoms with Crippen LogP contribution in [0.1, 0.15) is 44.9 Å². The number of halogens is 1. The first-order chi connectivity index (χ1) is 14.7. The highest BCUT2D eigenvalue weighted by Crippen LogP contribution is 2.34. The summed E-state index contributed by atoms with van der Waals surface area (Å²) in [6, 6.07) is 0. The van der Waals surface area contributed by atoms with E-state index in [2.05, 4.69) is 20.1 Å². The van der Waals surface area contributed by atoms with Crippen molar-refractivity contribution in [1.82, 2.24) is 20.0 Å². The number of amides is 1. The van der Waals surface area contributed by atoms with E-state index in [1.54, 1.807) is 0 Å². The molecule has 9 heteroatoms. The zero-order chi connectivity index (χ0) is 20.8. The zero-order valence-corrected chi connectivity index (χ0v) is 21.4. The van der Waals surface area contributed by atoms with Gasteiger partial charge in [-0.05, 0) is 25.7 Å². The molecule has 3 heterocycles. The Morgan fingerprint density at radius 2 is 1.65 bits per heavy atom. The molecule has 0 aromatic carbocycles. The number of nitrogens with zero attached hydrogens (tertiary/aromatic N) is 4. The summed E-state index contributed by atoms with van der Waals surface area (Å²) in [4.78, 5) is 24.1. The standard InChI is InChI=1S/C22H39N5O3.HI/c1-23-21(26-11-9-25(10-12-26)20(28)19-6-5-15-30-19)24-18-22(7-3-2-4-8-22)27-13-16-29-17-14-27;/h19H,2-18H2,1H3,(H,23,24);1H. The first-order valence-corrected chi connectivity index (χ1v) is 11.9. The minimum absolute atomic E-state index is 0. The van der Waals surface area contributed by atoms with Gasteiger partial charge in [-0.3, -0.25) is 14.7 Å². The Hall–Kier alpha value is -0.650. The summed E-state index contributed by atoms with van der Waals surface area (Å²) in [7, 11) is 1.87. The van der Waals surface area contributed by atoms with Gasteiger partial charge in [0.2, 0.25) is 0 Å². The van der Waals surface area contributed by atoms with Gasteiger partial charge in [0.05, 0.1) is 13.2 Å². The third-order valence-electron chi connectivity index (χ3n) is 7.35. The van der Waals surface area contributed by atoms with E-state index in [4.69, 9.17) is 9.47 Å². The van der Waals surface area contributed by atoms with Crippen LogP contribution in [0.2, 0.25) is 0 Å². The minimum atomic E-state index is -0.214. The minimum Gasteiger partial charge on any atom is -0.379 e. The zero-order valence-electron chi connectivity index (χ0n) is 19.0. The second-order valence-electron chi connectivity index (χ2n) is 9.10. The second kappa shape index (κ2) is 12.0. The number of ether oxygens (including phenoxy) is 2. The molecule has 178 valence electrons. The molecule has 1 aliphatic carbocycles. The van der Waals surface area contributed by atoms with Crippen molar-refractivity contribution in [2.75, 3.05) is 72.7 Å². The van der Waals surface area contributed by atoms with Crippen LogP contribution in [0.15, 0.2) is 4.99 Å². The van der Waals surface area contributed by atoms with Gasteiger partial charge in [0, 0.05) is 65.0 Å². The molecule has 1 amide bonds. The molecular formula is C22H40IN5O3. The second-order valence-corrected chi connectivity index (χ2v) is 9.10. The number of carbonyl (C=O) groups excluding carboxylic acids is 1. The first-order valence-electron chi connectivity index (χ1n) is 11.9. The molecule has 1 saturated carbocycles. The van der Waals surface area contributed by atoms with Gasteiger partial charge in [0.15, 0.2) is 5.96 Å². The fraction of sp³-hybridized carbons (Fsp3) is 0.909. The van der Waals surface area contributed by atoms with Gasteiger partial charge in [0.25, 0.3) is 5.91 Å².